The summed E-state index contributed by atoms with van der Waals surface area (Å²) in [6.07, 6.45) is 1.86. The van der Waals surface area contributed by atoms with E-state index in [1.165, 1.54) is 12.4 Å². The molecule has 0 atom stereocenters. The van der Waals surface area contributed by atoms with Gasteiger partial charge < -0.3 is 4.90 Å². The molecule has 0 fully saturated rings. The van der Waals surface area contributed by atoms with E-state index in [4.69, 9.17) is 0 Å². The van der Waals surface area contributed by atoms with E-state index < -0.39 is 11.6 Å². The fraction of sp³-hybridized carbons (Fsp3) is 0.278. The zero-order valence-electron chi connectivity index (χ0n) is 13.1. The Morgan fingerprint density at radius 3 is 2.59 bits per heavy atom. The van der Waals surface area contributed by atoms with Crippen molar-refractivity contribution in [2.45, 2.75) is 20.3 Å². The van der Waals surface area contributed by atoms with Gasteiger partial charge in [0.25, 0.3) is 0 Å². The Hall–Kier alpha value is -2.23. The van der Waals surface area contributed by atoms with Gasteiger partial charge in [-0.25, -0.2) is 13.8 Å². The number of rotatable bonds is 5. The third-order valence-electron chi connectivity index (χ3n) is 3.49. The van der Waals surface area contributed by atoms with Crippen LogP contribution in [0.5, 0.6) is 0 Å². The van der Waals surface area contributed by atoms with Gasteiger partial charge >= 0.3 is 0 Å². The molecule has 2 rings (SSSR count). The highest BCUT2D eigenvalue weighted by molar-refractivity contribution is 5.61. The first-order chi connectivity index (χ1) is 10.5. The van der Waals surface area contributed by atoms with Crippen molar-refractivity contribution in [3.8, 4) is 0 Å². The summed E-state index contributed by atoms with van der Waals surface area (Å²) in [5.41, 5.74) is 2.42. The van der Waals surface area contributed by atoms with Gasteiger partial charge in [0.1, 0.15) is 17.3 Å². The first kappa shape index (κ1) is 16.1. The SMILES string of the molecule is CCN(C)C=Nc1cc(F)c(Cc2cccc(C)c2)cc1F. The van der Waals surface area contributed by atoms with Crippen molar-refractivity contribution in [1.29, 1.82) is 0 Å². The maximum absolute atomic E-state index is 14.2. The van der Waals surface area contributed by atoms with Crippen molar-refractivity contribution in [2.24, 2.45) is 4.99 Å². The van der Waals surface area contributed by atoms with E-state index in [-0.39, 0.29) is 5.69 Å². The van der Waals surface area contributed by atoms with Crippen molar-refractivity contribution in [3.63, 3.8) is 0 Å². The Bertz CT molecular complexity index is 681. The normalized spacial score (nSPS) is 11.1. The lowest BCUT2D eigenvalue weighted by Gasteiger charge is -2.09. The molecule has 22 heavy (non-hydrogen) atoms. The standard InChI is InChI=1S/C18H20F2N2/c1-4-22(3)12-21-18-11-16(19)15(10-17(18)20)9-14-7-5-6-13(2)8-14/h5-8,10-12H,4,9H2,1-3H3. The second-order valence-electron chi connectivity index (χ2n) is 5.38. The fourth-order valence-corrected chi connectivity index (χ4v) is 2.10. The molecule has 4 heteroatoms. The van der Waals surface area contributed by atoms with Gasteiger partial charge in [-0.1, -0.05) is 29.8 Å². The van der Waals surface area contributed by atoms with Crippen LogP contribution in [0.15, 0.2) is 41.4 Å². The predicted molar refractivity (Wildman–Crippen MR) is 86.8 cm³/mol. The third kappa shape index (κ3) is 4.13. The lowest BCUT2D eigenvalue weighted by molar-refractivity contribution is 0.550. The highest BCUT2D eigenvalue weighted by atomic mass is 19.1. The van der Waals surface area contributed by atoms with Crippen LogP contribution in [0.25, 0.3) is 0 Å². The maximum atomic E-state index is 14.2. The zero-order chi connectivity index (χ0) is 16.1. The molecule has 0 heterocycles. The smallest absolute Gasteiger partial charge is 0.149 e. The Morgan fingerprint density at radius 1 is 1.14 bits per heavy atom. The molecule has 0 bridgehead atoms. The van der Waals surface area contributed by atoms with Gasteiger partial charge in [0.2, 0.25) is 0 Å². The van der Waals surface area contributed by atoms with Crippen LogP contribution in [-0.2, 0) is 6.42 Å². The van der Waals surface area contributed by atoms with Crippen molar-refractivity contribution >= 4 is 12.0 Å². The van der Waals surface area contributed by atoms with Crippen LogP contribution in [0, 0.1) is 18.6 Å². The summed E-state index contributed by atoms with van der Waals surface area (Å²) in [5.74, 6) is -0.945. The Balaban J connectivity index is 2.24. The minimum absolute atomic E-state index is 0.0193. The van der Waals surface area contributed by atoms with Gasteiger partial charge in [-0.3, -0.25) is 0 Å². The van der Waals surface area contributed by atoms with Crippen molar-refractivity contribution in [1.82, 2.24) is 4.90 Å². The lowest BCUT2D eigenvalue weighted by Crippen LogP contribution is -2.14. The molecule has 0 aliphatic carbocycles. The molecule has 116 valence electrons. The van der Waals surface area contributed by atoms with Gasteiger partial charge in [-0.15, -0.1) is 0 Å². The van der Waals surface area contributed by atoms with Crippen molar-refractivity contribution in [3.05, 3.63) is 64.7 Å². The summed E-state index contributed by atoms with van der Waals surface area (Å²) in [4.78, 5) is 5.78. The molecule has 2 nitrogen and oxygen atoms in total. The maximum Gasteiger partial charge on any atom is 0.149 e. The monoisotopic (exact) mass is 302 g/mol. The van der Waals surface area contributed by atoms with E-state index in [1.54, 1.807) is 4.90 Å². The van der Waals surface area contributed by atoms with Gasteiger partial charge in [-0.05, 0) is 31.0 Å². The van der Waals surface area contributed by atoms with Crippen LogP contribution in [0.4, 0.5) is 14.5 Å². The minimum atomic E-state index is -0.509. The molecule has 0 amide bonds. The largest absolute Gasteiger partial charge is 0.366 e. The van der Waals surface area contributed by atoms with E-state index >= 15 is 0 Å². The molecule has 0 spiro atoms. The van der Waals surface area contributed by atoms with Gasteiger partial charge in [0, 0.05) is 26.1 Å². The summed E-state index contributed by atoms with van der Waals surface area (Å²) in [7, 11) is 1.82. The molecule has 0 aliphatic heterocycles. The molecule has 2 aromatic rings. The molecule has 0 saturated heterocycles. The molecule has 0 aliphatic rings. The highest BCUT2D eigenvalue weighted by Crippen LogP contribution is 2.24. The molecule has 0 aromatic heterocycles. The molecule has 0 radical (unpaired) electrons. The summed E-state index contributed by atoms with van der Waals surface area (Å²) in [6.45, 7) is 4.68. The van der Waals surface area contributed by atoms with Crippen LogP contribution in [-0.4, -0.2) is 24.8 Å². The molecular formula is C18H20F2N2. The van der Waals surface area contributed by atoms with E-state index in [9.17, 15) is 8.78 Å². The Morgan fingerprint density at radius 2 is 1.91 bits per heavy atom. The van der Waals surface area contributed by atoms with Crippen LogP contribution < -0.4 is 0 Å². The van der Waals surface area contributed by atoms with Gasteiger partial charge in [0.15, 0.2) is 0 Å². The van der Waals surface area contributed by atoms with Crippen LogP contribution in [0.2, 0.25) is 0 Å². The average Bonchev–Trinajstić information content (AvgIpc) is 2.49. The first-order valence-corrected chi connectivity index (χ1v) is 7.27. The van der Waals surface area contributed by atoms with Gasteiger partial charge in [-0.2, -0.15) is 0 Å². The topological polar surface area (TPSA) is 15.6 Å². The lowest BCUT2D eigenvalue weighted by atomic mass is 10.0. The number of halogens is 2. The molecule has 0 unspecified atom stereocenters. The van der Waals surface area contributed by atoms with Crippen molar-refractivity contribution < 1.29 is 8.78 Å². The summed E-state index contributed by atoms with van der Waals surface area (Å²) in [6, 6.07) is 10.2. The first-order valence-electron chi connectivity index (χ1n) is 7.27. The van der Waals surface area contributed by atoms with E-state index in [0.29, 0.717) is 12.0 Å². The van der Waals surface area contributed by atoms with E-state index in [0.717, 1.165) is 23.7 Å². The summed E-state index contributed by atoms with van der Waals surface area (Å²) in [5, 5.41) is 0. The summed E-state index contributed by atoms with van der Waals surface area (Å²) < 4.78 is 28.2. The minimum Gasteiger partial charge on any atom is -0.366 e. The number of hydrogen-bond acceptors (Lipinski definition) is 1. The van der Waals surface area contributed by atoms with E-state index in [1.807, 2.05) is 45.2 Å². The predicted octanol–water partition coefficient (Wildman–Crippen LogP) is 4.48. The molecule has 0 N–H and O–H groups in total. The van der Waals surface area contributed by atoms with Crippen LogP contribution in [0.3, 0.4) is 0 Å². The molecule has 2 aromatic carbocycles. The highest BCUT2D eigenvalue weighted by Gasteiger charge is 2.10. The number of aryl methyl sites for hydroxylation is 1. The zero-order valence-corrected chi connectivity index (χ0v) is 13.1. The Labute approximate surface area is 130 Å². The third-order valence-corrected chi connectivity index (χ3v) is 3.49. The Kier molecular flexibility index (Phi) is 5.26. The number of aliphatic imine (C=N–C) groups is 1. The number of nitrogens with zero attached hydrogens (tertiary/aromatic N) is 2. The quantitative estimate of drug-likeness (QED) is 0.587. The molecular weight excluding hydrogens is 282 g/mol. The fourth-order valence-electron chi connectivity index (χ4n) is 2.10. The summed E-state index contributed by atoms with van der Waals surface area (Å²) >= 11 is 0. The molecule has 0 saturated carbocycles. The van der Waals surface area contributed by atoms with Crippen molar-refractivity contribution in [2.75, 3.05) is 13.6 Å². The van der Waals surface area contributed by atoms with Crippen LogP contribution in [0.1, 0.15) is 23.6 Å². The van der Waals surface area contributed by atoms with Crippen LogP contribution >= 0.6 is 0 Å². The van der Waals surface area contributed by atoms with Gasteiger partial charge in [0.05, 0.1) is 6.34 Å². The second kappa shape index (κ2) is 7.16. The average molecular weight is 302 g/mol. The second-order valence-corrected chi connectivity index (χ2v) is 5.38. The van der Waals surface area contributed by atoms with E-state index in [2.05, 4.69) is 4.99 Å². The number of hydrogen-bond donors (Lipinski definition) is 0. The number of benzene rings is 2.